The van der Waals surface area contributed by atoms with Gasteiger partial charge in [0.15, 0.2) is 0 Å². The predicted octanol–water partition coefficient (Wildman–Crippen LogP) is 1.54. The van der Waals surface area contributed by atoms with E-state index in [9.17, 15) is 0 Å². The second kappa shape index (κ2) is 5.51. The molecule has 2 fully saturated rings. The van der Waals surface area contributed by atoms with Crippen LogP contribution in [0.15, 0.2) is 10.6 Å². The van der Waals surface area contributed by atoms with Crippen LogP contribution in [-0.2, 0) is 11.2 Å². The van der Waals surface area contributed by atoms with Gasteiger partial charge < -0.3 is 14.1 Å². The van der Waals surface area contributed by atoms with E-state index in [1.165, 1.54) is 6.42 Å². The smallest absolute Gasteiger partial charge is 0.297 e. The van der Waals surface area contributed by atoms with E-state index in [0.29, 0.717) is 12.1 Å². The van der Waals surface area contributed by atoms with Crippen molar-refractivity contribution < 1.29 is 9.15 Å². The molecular formula is C14H23N3O2. The Kier molecular flexibility index (Phi) is 3.75. The number of nitrogens with zero attached hydrogens (tertiary/aromatic N) is 3. The first-order chi connectivity index (χ1) is 9.28. The fourth-order valence-corrected chi connectivity index (χ4v) is 3.07. The zero-order chi connectivity index (χ0) is 13.2. The van der Waals surface area contributed by atoms with Crippen molar-refractivity contribution in [2.45, 2.75) is 38.8 Å². The molecule has 3 heterocycles. The molecule has 0 radical (unpaired) electrons. The van der Waals surface area contributed by atoms with Gasteiger partial charge >= 0.3 is 0 Å². The SMILES string of the molecule is CCc1cnc(N2CC(N3CCOCC3)CC2C)o1. The predicted molar refractivity (Wildman–Crippen MR) is 73.5 cm³/mol. The van der Waals surface area contributed by atoms with Crippen molar-refractivity contribution in [1.29, 1.82) is 0 Å². The number of anilines is 1. The molecule has 2 aliphatic heterocycles. The van der Waals surface area contributed by atoms with Crippen molar-refractivity contribution >= 4 is 6.01 Å². The molecule has 0 N–H and O–H groups in total. The minimum Gasteiger partial charge on any atom is -0.429 e. The molecule has 2 unspecified atom stereocenters. The van der Waals surface area contributed by atoms with Crippen LogP contribution < -0.4 is 4.90 Å². The Bertz CT molecular complexity index is 415. The number of hydrogen-bond donors (Lipinski definition) is 0. The fraction of sp³-hybridized carbons (Fsp3) is 0.786. The van der Waals surface area contributed by atoms with Crippen LogP contribution in [-0.4, -0.2) is 54.8 Å². The molecule has 2 saturated heterocycles. The van der Waals surface area contributed by atoms with E-state index >= 15 is 0 Å². The largest absolute Gasteiger partial charge is 0.429 e. The van der Waals surface area contributed by atoms with Gasteiger partial charge in [0.2, 0.25) is 0 Å². The molecule has 5 nitrogen and oxygen atoms in total. The van der Waals surface area contributed by atoms with Gasteiger partial charge in [0, 0.05) is 38.1 Å². The highest BCUT2D eigenvalue weighted by Gasteiger charge is 2.35. The van der Waals surface area contributed by atoms with Crippen LogP contribution in [0.2, 0.25) is 0 Å². The van der Waals surface area contributed by atoms with Crippen LogP contribution in [0, 0.1) is 0 Å². The highest BCUT2D eigenvalue weighted by Crippen LogP contribution is 2.28. The van der Waals surface area contributed by atoms with Gasteiger partial charge in [0.25, 0.3) is 6.01 Å². The molecule has 1 aromatic heterocycles. The first-order valence-electron chi connectivity index (χ1n) is 7.31. The van der Waals surface area contributed by atoms with Crippen LogP contribution >= 0.6 is 0 Å². The molecule has 0 bridgehead atoms. The van der Waals surface area contributed by atoms with Gasteiger partial charge in [-0.25, -0.2) is 4.98 Å². The fourth-order valence-electron chi connectivity index (χ4n) is 3.07. The third-order valence-electron chi connectivity index (χ3n) is 4.25. The minimum absolute atomic E-state index is 0.496. The second-order valence-corrected chi connectivity index (χ2v) is 5.50. The van der Waals surface area contributed by atoms with Crippen molar-refractivity contribution in [3.05, 3.63) is 12.0 Å². The van der Waals surface area contributed by atoms with Gasteiger partial charge in [-0.3, -0.25) is 4.90 Å². The quantitative estimate of drug-likeness (QED) is 0.829. The molecule has 106 valence electrons. The van der Waals surface area contributed by atoms with Crippen molar-refractivity contribution in [1.82, 2.24) is 9.88 Å². The highest BCUT2D eigenvalue weighted by molar-refractivity contribution is 5.31. The molecule has 2 aliphatic rings. The van der Waals surface area contributed by atoms with Crippen molar-refractivity contribution in [2.24, 2.45) is 0 Å². The lowest BCUT2D eigenvalue weighted by Crippen LogP contribution is -2.44. The summed E-state index contributed by atoms with van der Waals surface area (Å²) in [4.78, 5) is 9.27. The van der Waals surface area contributed by atoms with E-state index < -0.39 is 0 Å². The Morgan fingerprint density at radius 3 is 2.84 bits per heavy atom. The minimum atomic E-state index is 0.496. The summed E-state index contributed by atoms with van der Waals surface area (Å²) in [6.45, 7) is 9.21. The number of ether oxygens (including phenoxy) is 1. The lowest BCUT2D eigenvalue weighted by Gasteiger charge is -2.31. The summed E-state index contributed by atoms with van der Waals surface area (Å²) >= 11 is 0. The van der Waals surface area contributed by atoms with Crippen LogP contribution in [0.1, 0.15) is 26.0 Å². The van der Waals surface area contributed by atoms with Gasteiger partial charge in [-0.2, -0.15) is 0 Å². The summed E-state index contributed by atoms with van der Waals surface area (Å²) in [5.74, 6) is 0.969. The summed E-state index contributed by atoms with van der Waals surface area (Å²) in [5, 5.41) is 0. The summed E-state index contributed by atoms with van der Waals surface area (Å²) in [6, 6.07) is 1.90. The van der Waals surface area contributed by atoms with Crippen LogP contribution in [0.5, 0.6) is 0 Å². The molecule has 19 heavy (non-hydrogen) atoms. The van der Waals surface area contributed by atoms with Gasteiger partial charge in [0.1, 0.15) is 5.76 Å². The monoisotopic (exact) mass is 265 g/mol. The number of hydrogen-bond acceptors (Lipinski definition) is 5. The van der Waals surface area contributed by atoms with E-state index in [1.54, 1.807) is 0 Å². The molecule has 0 aromatic carbocycles. The number of rotatable bonds is 3. The Morgan fingerprint density at radius 2 is 2.16 bits per heavy atom. The second-order valence-electron chi connectivity index (χ2n) is 5.50. The van der Waals surface area contributed by atoms with Crippen molar-refractivity contribution in [3.8, 4) is 0 Å². The molecule has 5 heteroatoms. The topological polar surface area (TPSA) is 41.7 Å². The van der Waals surface area contributed by atoms with Crippen molar-refractivity contribution in [2.75, 3.05) is 37.7 Å². The number of aromatic nitrogens is 1. The molecule has 1 aromatic rings. The van der Waals surface area contributed by atoms with Gasteiger partial charge in [0.05, 0.1) is 19.4 Å². The lowest BCUT2D eigenvalue weighted by molar-refractivity contribution is 0.0204. The standard InChI is InChI=1S/C14H23N3O2/c1-3-13-9-15-14(19-13)17-10-12(8-11(17)2)16-4-6-18-7-5-16/h9,11-12H,3-8,10H2,1-2H3. The Hall–Kier alpha value is -1.07. The van der Waals surface area contributed by atoms with E-state index in [-0.39, 0.29) is 0 Å². The van der Waals surface area contributed by atoms with Crippen molar-refractivity contribution in [3.63, 3.8) is 0 Å². The number of morpholine rings is 1. The summed E-state index contributed by atoms with van der Waals surface area (Å²) in [6.07, 6.45) is 3.94. The maximum absolute atomic E-state index is 5.79. The lowest BCUT2D eigenvalue weighted by atomic mass is 10.1. The zero-order valence-electron chi connectivity index (χ0n) is 11.8. The summed E-state index contributed by atoms with van der Waals surface area (Å²) in [5.41, 5.74) is 0. The van der Waals surface area contributed by atoms with Crippen LogP contribution in [0.3, 0.4) is 0 Å². The first-order valence-corrected chi connectivity index (χ1v) is 7.31. The van der Waals surface area contributed by atoms with Crippen LogP contribution in [0.4, 0.5) is 6.01 Å². The van der Waals surface area contributed by atoms with E-state index in [4.69, 9.17) is 9.15 Å². The Labute approximate surface area is 114 Å². The summed E-state index contributed by atoms with van der Waals surface area (Å²) < 4.78 is 11.2. The molecule has 0 amide bonds. The molecule has 0 saturated carbocycles. The first kappa shape index (κ1) is 12.9. The van der Waals surface area contributed by atoms with E-state index in [0.717, 1.165) is 51.0 Å². The van der Waals surface area contributed by atoms with Gasteiger partial charge in [-0.1, -0.05) is 6.92 Å². The highest BCUT2D eigenvalue weighted by atomic mass is 16.5. The number of oxazole rings is 1. The molecule has 3 rings (SSSR count). The van der Waals surface area contributed by atoms with E-state index in [2.05, 4.69) is 28.6 Å². The van der Waals surface area contributed by atoms with Crippen LogP contribution in [0.25, 0.3) is 0 Å². The van der Waals surface area contributed by atoms with Gasteiger partial charge in [-0.05, 0) is 13.3 Å². The Morgan fingerprint density at radius 1 is 1.37 bits per heavy atom. The summed E-state index contributed by atoms with van der Waals surface area (Å²) in [7, 11) is 0. The third-order valence-corrected chi connectivity index (χ3v) is 4.25. The molecular weight excluding hydrogens is 242 g/mol. The maximum Gasteiger partial charge on any atom is 0.297 e. The maximum atomic E-state index is 5.79. The number of aryl methyl sites for hydroxylation is 1. The molecule has 2 atom stereocenters. The van der Waals surface area contributed by atoms with Gasteiger partial charge in [-0.15, -0.1) is 0 Å². The zero-order valence-corrected chi connectivity index (χ0v) is 11.8. The Balaban J connectivity index is 1.67. The average Bonchev–Trinajstić information content (AvgIpc) is 3.06. The third kappa shape index (κ3) is 2.62. The molecule has 0 spiro atoms. The molecule has 0 aliphatic carbocycles. The van der Waals surface area contributed by atoms with E-state index in [1.807, 2.05) is 6.20 Å². The normalized spacial score (nSPS) is 29.1. The average molecular weight is 265 g/mol.